The lowest BCUT2D eigenvalue weighted by atomic mass is 10.2. The fourth-order valence-corrected chi connectivity index (χ4v) is 1.87. The quantitative estimate of drug-likeness (QED) is 0.656. The Morgan fingerprint density at radius 1 is 1.14 bits per heavy atom. The fourth-order valence-electron chi connectivity index (χ4n) is 1.64. The maximum absolute atomic E-state index is 11.8. The Balaban J connectivity index is 1.80. The highest BCUT2D eigenvalue weighted by atomic mass is 32.1. The zero-order chi connectivity index (χ0) is 15.1. The topological polar surface area (TPSA) is 71.2 Å². The van der Waals surface area contributed by atoms with Crippen molar-refractivity contribution in [2.45, 2.75) is 6.61 Å². The van der Waals surface area contributed by atoms with Crippen LogP contribution in [0.1, 0.15) is 15.9 Å². The number of carbonyl (C=O) groups is 2. The van der Waals surface area contributed by atoms with E-state index in [1.165, 1.54) is 0 Å². The number of aromatic amines is 1. The molecule has 0 aliphatic heterocycles. The minimum Gasteiger partial charge on any atom is -0.460 e. The van der Waals surface area contributed by atoms with Gasteiger partial charge in [-0.2, -0.15) is 0 Å². The van der Waals surface area contributed by atoms with Crippen LogP contribution in [-0.2, 0) is 16.1 Å². The third-order valence-corrected chi connectivity index (χ3v) is 3.04. The first-order valence-corrected chi connectivity index (χ1v) is 6.73. The monoisotopic (exact) mass is 302 g/mol. The minimum atomic E-state index is -0.502. The summed E-state index contributed by atoms with van der Waals surface area (Å²) in [6, 6.07) is 12.6. The van der Waals surface area contributed by atoms with Gasteiger partial charge in [0.25, 0.3) is 5.91 Å². The molecule has 2 N–H and O–H groups in total. The van der Waals surface area contributed by atoms with Crippen LogP contribution in [0.3, 0.4) is 0 Å². The van der Waals surface area contributed by atoms with E-state index in [9.17, 15) is 9.59 Å². The molecule has 0 bridgehead atoms. The molecule has 1 aromatic heterocycles. The maximum Gasteiger partial charge on any atom is 0.325 e. The lowest BCUT2D eigenvalue weighted by Gasteiger charge is -2.06. The average Bonchev–Trinajstić information content (AvgIpc) is 2.52. The summed E-state index contributed by atoms with van der Waals surface area (Å²) in [5.41, 5.74) is 1.21. The molecule has 0 saturated carbocycles. The Morgan fingerprint density at radius 2 is 1.90 bits per heavy atom. The van der Waals surface area contributed by atoms with E-state index in [0.717, 1.165) is 5.56 Å². The number of esters is 1. The van der Waals surface area contributed by atoms with Gasteiger partial charge in [0.1, 0.15) is 17.8 Å². The van der Waals surface area contributed by atoms with Gasteiger partial charge in [-0.25, -0.2) is 0 Å². The van der Waals surface area contributed by atoms with Gasteiger partial charge >= 0.3 is 5.97 Å². The molecule has 0 unspecified atom stereocenters. The van der Waals surface area contributed by atoms with E-state index in [1.807, 2.05) is 30.3 Å². The number of rotatable bonds is 5. The Kier molecular flexibility index (Phi) is 5.22. The van der Waals surface area contributed by atoms with E-state index in [0.29, 0.717) is 10.2 Å². The van der Waals surface area contributed by atoms with Gasteiger partial charge in [-0.3, -0.25) is 9.59 Å². The molecule has 21 heavy (non-hydrogen) atoms. The van der Waals surface area contributed by atoms with Crippen molar-refractivity contribution in [1.29, 1.82) is 0 Å². The molecule has 6 heteroatoms. The van der Waals surface area contributed by atoms with Gasteiger partial charge in [-0.05, 0) is 17.7 Å². The summed E-state index contributed by atoms with van der Waals surface area (Å²) in [6.45, 7) is -0.0176. The molecule has 0 spiro atoms. The number of aromatic nitrogens is 1. The van der Waals surface area contributed by atoms with Crippen molar-refractivity contribution >= 4 is 24.1 Å². The minimum absolute atomic E-state index is 0.181. The van der Waals surface area contributed by atoms with Crippen LogP contribution in [0, 0.1) is 4.64 Å². The molecule has 2 rings (SSSR count). The van der Waals surface area contributed by atoms with Gasteiger partial charge in [0, 0.05) is 6.20 Å². The number of nitrogens with one attached hydrogen (secondary N) is 2. The van der Waals surface area contributed by atoms with Gasteiger partial charge in [0.2, 0.25) is 0 Å². The summed E-state index contributed by atoms with van der Waals surface area (Å²) in [6.07, 6.45) is 1.63. The fraction of sp³-hybridized carbons (Fsp3) is 0.133. The standard InChI is InChI=1S/C15H14N2O3S/c18-13(20-10-11-5-2-1-3-6-11)9-17-14(19)12-7-4-8-16-15(12)21/h1-8H,9-10H2,(H,16,21)(H,17,19). The molecule has 0 radical (unpaired) electrons. The molecule has 1 amide bonds. The van der Waals surface area contributed by atoms with Crippen molar-refractivity contribution in [3.63, 3.8) is 0 Å². The molecule has 1 heterocycles. The first-order chi connectivity index (χ1) is 10.2. The second kappa shape index (κ2) is 7.35. The Morgan fingerprint density at radius 3 is 2.62 bits per heavy atom. The van der Waals surface area contributed by atoms with Crippen LogP contribution >= 0.6 is 12.2 Å². The Hall–Kier alpha value is -2.47. The normalized spacial score (nSPS) is 9.90. The largest absolute Gasteiger partial charge is 0.460 e. The summed E-state index contributed by atoms with van der Waals surface area (Å²) < 4.78 is 5.38. The average molecular weight is 302 g/mol. The van der Waals surface area contributed by atoms with Gasteiger partial charge in [0.15, 0.2) is 0 Å². The lowest BCUT2D eigenvalue weighted by Crippen LogP contribution is -2.30. The van der Waals surface area contributed by atoms with Crippen molar-refractivity contribution in [2.75, 3.05) is 6.54 Å². The third-order valence-electron chi connectivity index (χ3n) is 2.70. The molecule has 108 valence electrons. The summed E-state index contributed by atoms with van der Waals surface area (Å²) in [4.78, 5) is 26.2. The third kappa shape index (κ3) is 4.54. The zero-order valence-electron chi connectivity index (χ0n) is 11.2. The predicted molar refractivity (Wildman–Crippen MR) is 80.2 cm³/mol. The number of hydrogen-bond acceptors (Lipinski definition) is 4. The molecular formula is C15H14N2O3S. The molecule has 5 nitrogen and oxygen atoms in total. The highest BCUT2D eigenvalue weighted by molar-refractivity contribution is 7.71. The zero-order valence-corrected chi connectivity index (χ0v) is 12.0. The molecule has 0 fully saturated rings. The van der Waals surface area contributed by atoms with Crippen molar-refractivity contribution < 1.29 is 14.3 Å². The number of amides is 1. The van der Waals surface area contributed by atoms with Crippen LogP contribution < -0.4 is 5.32 Å². The van der Waals surface area contributed by atoms with Crippen LogP contribution in [0.4, 0.5) is 0 Å². The SMILES string of the molecule is O=C(CNC(=O)c1ccc[nH]c1=S)OCc1ccccc1. The van der Waals surface area contributed by atoms with Gasteiger partial charge < -0.3 is 15.0 Å². The van der Waals surface area contributed by atoms with Crippen LogP contribution in [0.25, 0.3) is 0 Å². The Bertz CT molecular complexity index is 683. The second-order valence-electron chi connectivity index (χ2n) is 4.24. The summed E-state index contributed by atoms with van der Waals surface area (Å²) >= 11 is 4.99. The van der Waals surface area contributed by atoms with E-state index in [4.69, 9.17) is 17.0 Å². The molecule has 0 saturated heterocycles. The van der Waals surface area contributed by atoms with Gasteiger partial charge in [0.05, 0.1) is 5.56 Å². The highest BCUT2D eigenvalue weighted by Gasteiger charge is 2.10. The predicted octanol–water partition coefficient (Wildman–Crippen LogP) is 2.22. The van der Waals surface area contributed by atoms with Crippen LogP contribution in [-0.4, -0.2) is 23.4 Å². The summed E-state index contributed by atoms with van der Waals surface area (Å²) in [5, 5.41) is 2.48. The molecule has 0 aliphatic rings. The smallest absolute Gasteiger partial charge is 0.325 e. The molecular weight excluding hydrogens is 288 g/mol. The van der Waals surface area contributed by atoms with Crippen molar-refractivity contribution in [3.05, 3.63) is 64.4 Å². The van der Waals surface area contributed by atoms with Crippen LogP contribution in [0.15, 0.2) is 48.7 Å². The van der Waals surface area contributed by atoms with E-state index < -0.39 is 11.9 Å². The van der Waals surface area contributed by atoms with Crippen molar-refractivity contribution in [1.82, 2.24) is 10.3 Å². The molecule has 1 aromatic carbocycles. The first-order valence-electron chi connectivity index (χ1n) is 6.32. The lowest BCUT2D eigenvalue weighted by molar-refractivity contribution is -0.143. The van der Waals surface area contributed by atoms with E-state index in [-0.39, 0.29) is 13.2 Å². The Labute approximate surface area is 127 Å². The second-order valence-corrected chi connectivity index (χ2v) is 4.65. The van der Waals surface area contributed by atoms with Crippen LogP contribution in [0.5, 0.6) is 0 Å². The molecule has 2 aromatic rings. The summed E-state index contributed by atoms with van der Waals surface area (Å²) in [5.74, 6) is -0.911. The van der Waals surface area contributed by atoms with E-state index in [2.05, 4.69) is 10.3 Å². The number of benzene rings is 1. The van der Waals surface area contributed by atoms with Crippen molar-refractivity contribution in [2.24, 2.45) is 0 Å². The van der Waals surface area contributed by atoms with Gasteiger partial charge in [-0.15, -0.1) is 0 Å². The number of ether oxygens (including phenoxy) is 1. The molecule has 0 atom stereocenters. The van der Waals surface area contributed by atoms with E-state index >= 15 is 0 Å². The number of carbonyl (C=O) groups excluding carboxylic acids is 2. The maximum atomic E-state index is 11.8. The first kappa shape index (κ1) is 14.9. The number of hydrogen-bond donors (Lipinski definition) is 2. The van der Waals surface area contributed by atoms with Crippen molar-refractivity contribution in [3.8, 4) is 0 Å². The summed E-state index contributed by atoms with van der Waals surface area (Å²) in [7, 11) is 0. The number of pyridine rings is 1. The van der Waals surface area contributed by atoms with Gasteiger partial charge in [-0.1, -0.05) is 42.5 Å². The highest BCUT2D eigenvalue weighted by Crippen LogP contribution is 2.01. The molecule has 0 aliphatic carbocycles. The number of H-pyrrole nitrogens is 1. The van der Waals surface area contributed by atoms with Crippen LogP contribution in [0.2, 0.25) is 0 Å². The van der Waals surface area contributed by atoms with E-state index in [1.54, 1.807) is 18.3 Å².